The number of carbonyl (C=O) groups is 1. The minimum Gasteiger partial charge on any atom is -0.394 e. The second kappa shape index (κ2) is 6.60. The highest BCUT2D eigenvalue weighted by Gasteiger charge is 2.40. The molecule has 2 N–H and O–H groups in total. The average molecular weight is 324 g/mol. The highest BCUT2D eigenvalue weighted by Crippen LogP contribution is 2.30. The molecule has 0 radical (unpaired) electrons. The summed E-state index contributed by atoms with van der Waals surface area (Å²) in [6.45, 7) is -0.0524. The second-order valence-corrected chi connectivity index (χ2v) is 6.58. The minimum absolute atomic E-state index is 0.0188. The molecule has 1 saturated heterocycles. The monoisotopic (exact) mass is 324 g/mol. The Bertz CT molecular complexity index is 671. The molecule has 1 aromatic carbocycles. The van der Waals surface area contributed by atoms with Crippen LogP contribution in [0.25, 0.3) is 0 Å². The molecule has 0 aromatic heterocycles. The fourth-order valence-corrected chi connectivity index (χ4v) is 3.75. The highest BCUT2D eigenvalue weighted by atomic mass is 16.3. The Labute approximate surface area is 141 Å². The van der Waals surface area contributed by atoms with E-state index in [4.69, 9.17) is 0 Å². The van der Waals surface area contributed by atoms with Gasteiger partial charge in [0.25, 0.3) is 0 Å². The van der Waals surface area contributed by atoms with E-state index in [0.717, 1.165) is 0 Å². The maximum atomic E-state index is 12.6. The number of fused-ring (bicyclic) bond motifs is 1. The van der Waals surface area contributed by atoms with Crippen LogP contribution in [0.1, 0.15) is 24.0 Å². The van der Waals surface area contributed by atoms with Gasteiger partial charge in [0.05, 0.1) is 25.3 Å². The molecular weight excluding hydrogens is 304 g/mol. The summed E-state index contributed by atoms with van der Waals surface area (Å²) in [5.41, 5.74) is 1.80. The molecule has 1 amide bonds. The molecule has 1 aliphatic carbocycles. The third-order valence-corrected chi connectivity index (χ3v) is 5.06. The van der Waals surface area contributed by atoms with Crippen molar-refractivity contribution in [1.29, 1.82) is 10.5 Å². The van der Waals surface area contributed by atoms with Crippen molar-refractivity contribution < 1.29 is 9.90 Å². The predicted molar refractivity (Wildman–Crippen MR) is 86.6 cm³/mol. The van der Waals surface area contributed by atoms with Crippen LogP contribution in [0, 0.1) is 22.7 Å². The van der Waals surface area contributed by atoms with Crippen molar-refractivity contribution in [2.75, 3.05) is 13.2 Å². The van der Waals surface area contributed by atoms with Crippen LogP contribution in [-0.4, -0.2) is 46.7 Å². The Balaban J connectivity index is 1.68. The van der Waals surface area contributed by atoms with Gasteiger partial charge in [-0.05, 0) is 36.8 Å². The molecule has 24 heavy (non-hydrogen) atoms. The summed E-state index contributed by atoms with van der Waals surface area (Å²) < 4.78 is 0. The number of amides is 1. The third-order valence-electron chi connectivity index (χ3n) is 5.06. The maximum absolute atomic E-state index is 12.6. The Hall–Kier alpha value is -2.41. The lowest BCUT2D eigenvalue weighted by molar-refractivity contribution is -0.131. The molecule has 1 aliphatic heterocycles. The summed E-state index contributed by atoms with van der Waals surface area (Å²) in [4.78, 5) is 13.9. The first-order chi connectivity index (χ1) is 11.6. The summed E-state index contributed by atoms with van der Waals surface area (Å²) in [7, 11) is 0. The van der Waals surface area contributed by atoms with Gasteiger partial charge in [-0.2, -0.15) is 10.5 Å². The molecular formula is C18H20N4O2. The topological polar surface area (TPSA) is 100 Å². The first kappa shape index (κ1) is 16.4. The van der Waals surface area contributed by atoms with Gasteiger partial charge in [-0.3, -0.25) is 4.79 Å². The van der Waals surface area contributed by atoms with Gasteiger partial charge >= 0.3 is 0 Å². The van der Waals surface area contributed by atoms with E-state index >= 15 is 0 Å². The van der Waals surface area contributed by atoms with E-state index in [1.807, 2.05) is 24.3 Å². The molecule has 1 heterocycles. The number of nitriles is 2. The molecule has 1 aromatic rings. The molecule has 0 saturated carbocycles. The van der Waals surface area contributed by atoms with Gasteiger partial charge in [0.15, 0.2) is 0 Å². The van der Waals surface area contributed by atoms with Crippen LogP contribution in [0.4, 0.5) is 0 Å². The third kappa shape index (κ3) is 2.87. The van der Waals surface area contributed by atoms with Crippen molar-refractivity contribution in [3.8, 4) is 12.1 Å². The van der Waals surface area contributed by atoms with Gasteiger partial charge in [-0.15, -0.1) is 0 Å². The summed E-state index contributed by atoms with van der Waals surface area (Å²) in [5.74, 6) is -0.255. The van der Waals surface area contributed by atoms with Crippen LogP contribution in [0.5, 0.6) is 0 Å². The van der Waals surface area contributed by atoms with E-state index in [0.29, 0.717) is 25.7 Å². The van der Waals surface area contributed by atoms with Gasteiger partial charge in [-0.1, -0.05) is 24.3 Å². The summed E-state index contributed by atoms with van der Waals surface area (Å²) in [6, 6.07) is 11.1. The normalized spacial score (nSPS) is 24.2. The first-order valence-corrected chi connectivity index (χ1v) is 8.15. The van der Waals surface area contributed by atoms with Crippen molar-refractivity contribution in [2.24, 2.45) is 0 Å². The van der Waals surface area contributed by atoms with E-state index in [2.05, 4.69) is 17.5 Å². The van der Waals surface area contributed by atoms with E-state index in [9.17, 15) is 20.4 Å². The lowest BCUT2D eigenvalue weighted by Crippen LogP contribution is -2.54. The molecule has 0 bridgehead atoms. The zero-order valence-corrected chi connectivity index (χ0v) is 13.4. The van der Waals surface area contributed by atoms with Crippen LogP contribution >= 0.6 is 0 Å². The smallest absolute Gasteiger partial charge is 0.238 e. The van der Waals surface area contributed by atoms with Crippen molar-refractivity contribution >= 4 is 5.91 Å². The highest BCUT2D eigenvalue weighted by molar-refractivity contribution is 5.80. The molecule has 124 valence electrons. The first-order valence-electron chi connectivity index (χ1n) is 8.15. The predicted octanol–water partition coefficient (Wildman–Crippen LogP) is 0.513. The largest absolute Gasteiger partial charge is 0.394 e. The number of aliphatic hydroxyl groups is 1. The van der Waals surface area contributed by atoms with E-state index in [1.165, 1.54) is 16.0 Å². The standard InChI is InChI=1S/C18H20N4O2/c19-9-15-5-6-16(10-20)22(15)17(24)11-21-18(12-23)7-13-3-1-2-4-14(13)8-18/h1-4,15-16,21,23H,5-8,11-12H2/t15-,16+. The molecule has 2 atom stereocenters. The van der Waals surface area contributed by atoms with E-state index < -0.39 is 17.6 Å². The Morgan fingerprint density at radius 1 is 1.21 bits per heavy atom. The fraction of sp³-hybridized carbons (Fsp3) is 0.500. The number of likely N-dealkylation sites (tertiary alicyclic amines) is 1. The number of benzene rings is 1. The lowest BCUT2D eigenvalue weighted by atomic mass is 9.97. The van der Waals surface area contributed by atoms with Crippen LogP contribution in [0.3, 0.4) is 0 Å². The molecule has 6 heteroatoms. The zero-order valence-electron chi connectivity index (χ0n) is 13.4. The van der Waals surface area contributed by atoms with Crippen LogP contribution < -0.4 is 5.32 Å². The number of aliphatic hydroxyl groups excluding tert-OH is 1. The summed E-state index contributed by atoms with van der Waals surface area (Å²) >= 11 is 0. The maximum Gasteiger partial charge on any atom is 0.238 e. The summed E-state index contributed by atoms with van der Waals surface area (Å²) in [5, 5.41) is 31.4. The van der Waals surface area contributed by atoms with E-state index in [1.54, 1.807) is 0 Å². The Morgan fingerprint density at radius 3 is 2.21 bits per heavy atom. The van der Waals surface area contributed by atoms with Crippen molar-refractivity contribution in [1.82, 2.24) is 10.2 Å². The molecule has 0 spiro atoms. The van der Waals surface area contributed by atoms with Gasteiger partial charge in [-0.25, -0.2) is 0 Å². The molecule has 2 aliphatic rings. The van der Waals surface area contributed by atoms with Gasteiger partial charge in [0.2, 0.25) is 5.91 Å². The van der Waals surface area contributed by atoms with Gasteiger partial charge in [0, 0.05) is 5.54 Å². The van der Waals surface area contributed by atoms with Crippen molar-refractivity contribution in [3.63, 3.8) is 0 Å². The number of nitrogens with zero attached hydrogens (tertiary/aromatic N) is 3. The number of nitrogens with one attached hydrogen (secondary N) is 1. The quantitative estimate of drug-likeness (QED) is 0.840. The lowest BCUT2D eigenvalue weighted by Gasteiger charge is -2.30. The van der Waals surface area contributed by atoms with E-state index in [-0.39, 0.29) is 19.1 Å². The second-order valence-electron chi connectivity index (χ2n) is 6.58. The Morgan fingerprint density at radius 2 is 1.75 bits per heavy atom. The van der Waals surface area contributed by atoms with Crippen molar-refractivity contribution in [2.45, 2.75) is 43.3 Å². The fourth-order valence-electron chi connectivity index (χ4n) is 3.75. The van der Waals surface area contributed by atoms with Gasteiger partial charge in [0.1, 0.15) is 12.1 Å². The SMILES string of the molecule is N#C[C@@H]1CC[C@H](C#N)N1C(=O)CNC1(CO)Cc2ccccc2C1. The van der Waals surface area contributed by atoms with Crippen LogP contribution in [0.2, 0.25) is 0 Å². The van der Waals surface area contributed by atoms with Crippen LogP contribution in [0.15, 0.2) is 24.3 Å². The molecule has 0 unspecified atom stereocenters. The number of rotatable bonds is 4. The van der Waals surface area contributed by atoms with Gasteiger partial charge < -0.3 is 15.3 Å². The summed E-state index contributed by atoms with van der Waals surface area (Å²) in [6.07, 6.45) is 2.40. The van der Waals surface area contributed by atoms with Crippen LogP contribution in [-0.2, 0) is 17.6 Å². The number of carbonyl (C=O) groups excluding carboxylic acids is 1. The number of hydrogen-bond donors (Lipinski definition) is 2. The number of hydrogen-bond acceptors (Lipinski definition) is 5. The molecule has 3 rings (SSSR count). The van der Waals surface area contributed by atoms with Crippen molar-refractivity contribution in [3.05, 3.63) is 35.4 Å². The Kier molecular flexibility index (Phi) is 4.53. The average Bonchev–Trinajstić information content (AvgIpc) is 3.20. The zero-order chi connectivity index (χ0) is 17.2. The molecule has 6 nitrogen and oxygen atoms in total. The minimum atomic E-state index is -0.552. The molecule has 1 fully saturated rings.